The van der Waals surface area contributed by atoms with Crippen molar-refractivity contribution in [2.45, 2.75) is 17.9 Å². The lowest BCUT2D eigenvalue weighted by Crippen LogP contribution is -2.13. The third kappa shape index (κ3) is 3.30. The first-order valence-electron chi connectivity index (χ1n) is 5.70. The van der Waals surface area contributed by atoms with Gasteiger partial charge in [-0.25, -0.2) is 8.42 Å². The van der Waals surface area contributed by atoms with Gasteiger partial charge in [0.15, 0.2) is 0 Å². The van der Waals surface area contributed by atoms with Crippen LogP contribution >= 0.6 is 0 Å². The van der Waals surface area contributed by atoms with E-state index in [0.717, 1.165) is 0 Å². The Hall–Kier alpha value is -1.92. The molecule has 1 unspecified atom stereocenters. The first-order valence-corrected chi connectivity index (χ1v) is 7.18. The van der Waals surface area contributed by atoms with Crippen LogP contribution in [0.2, 0.25) is 0 Å². The Bertz CT molecular complexity index is 655. The predicted octanol–water partition coefficient (Wildman–Crippen LogP) is 1.94. The normalized spacial score (nSPS) is 12.9. The molecule has 1 aromatic heterocycles. The summed E-state index contributed by atoms with van der Waals surface area (Å²) in [6.45, 7) is 1.58. The lowest BCUT2D eigenvalue weighted by Gasteiger charge is -2.10. The van der Waals surface area contributed by atoms with Gasteiger partial charge in [-0.1, -0.05) is 12.1 Å². The van der Waals surface area contributed by atoms with E-state index in [1.807, 2.05) is 0 Å². The standard InChI is InChI=1S/C13H14N2O3S/c1-10(16)11-4-2-6-13(8-11)19(17,18)15-12-5-3-7-14-9-12/h2-10,15-16H,1H3. The first-order chi connectivity index (χ1) is 8.99. The minimum atomic E-state index is -3.67. The summed E-state index contributed by atoms with van der Waals surface area (Å²) >= 11 is 0. The average molecular weight is 278 g/mol. The molecule has 0 aliphatic rings. The number of sulfonamides is 1. The van der Waals surface area contributed by atoms with Crippen molar-refractivity contribution in [3.63, 3.8) is 0 Å². The van der Waals surface area contributed by atoms with Gasteiger partial charge in [0.05, 0.1) is 22.9 Å². The smallest absolute Gasteiger partial charge is 0.261 e. The third-order valence-electron chi connectivity index (χ3n) is 2.56. The molecule has 0 saturated heterocycles. The molecule has 19 heavy (non-hydrogen) atoms. The van der Waals surface area contributed by atoms with Crippen LogP contribution in [-0.4, -0.2) is 18.5 Å². The van der Waals surface area contributed by atoms with Crippen molar-refractivity contribution in [3.8, 4) is 0 Å². The minimum Gasteiger partial charge on any atom is -0.389 e. The second kappa shape index (κ2) is 5.38. The molecule has 6 heteroatoms. The van der Waals surface area contributed by atoms with Gasteiger partial charge in [0.2, 0.25) is 0 Å². The summed E-state index contributed by atoms with van der Waals surface area (Å²) in [5, 5.41) is 9.48. The van der Waals surface area contributed by atoms with Crippen molar-refractivity contribution < 1.29 is 13.5 Å². The summed E-state index contributed by atoms with van der Waals surface area (Å²) in [5.41, 5.74) is 0.944. The molecule has 0 radical (unpaired) electrons. The Morgan fingerprint density at radius 3 is 2.68 bits per heavy atom. The molecular formula is C13H14N2O3S. The molecule has 0 fully saturated rings. The maximum absolute atomic E-state index is 12.2. The van der Waals surface area contributed by atoms with Gasteiger partial charge in [0.25, 0.3) is 10.0 Å². The Labute approximate surface area is 112 Å². The van der Waals surface area contributed by atoms with E-state index in [4.69, 9.17) is 0 Å². The zero-order chi connectivity index (χ0) is 13.9. The number of aliphatic hydroxyl groups excluding tert-OH is 1. The monoisotopic (exact) mass is 278 g/mol. The van der Waals surface area contributed by atoms with E-state index >= 15 is 0 Å². The van der Waals surface area contributed by atoms with Gasteiger partial charge in [0, 0.05) is 6.20 Å². The second-order valence-electron chi connectivity index (χ2n) is 4.10. The highest BCUT2D eigenvalue weighted by Gasteiger charge is 2.15. The van der Waals surface area contributed by atoms with Crippen molar-refractivity contribution in [1.29, 1.82) is 0 Å². The van der Waals surface area contributed by atoms with E-state index in [2.05, 4.69) is 9.71 Å². The quantitative estimate of drug-likeness (QED) is 0.895. The van der Waals surface area contributed by atoms with E-state index in [-0.39, 0.29) is 4.90 Å². The summed E-state index contributed by atoms with van der Waals surface area (Å²) in [6.07, 6.45) is 2.27. The minimum absolute atomic E-state index is 0.106. The number of nitrogens with zero attached hydrogens (tertiary/aromatic N) is 1. The molecule has 5 nitrogen and oxygen atoms in total. The number of hydrogen-bond acceptors (Lipinski definition) is 4. The van der Waals surface area contributed by atoms with Crippen molar-refractivity contribution in [2.75, 3.05) is 4.72 Å². The summed E-state index contributed by atoms with van der Waals surface area (Å²) in [5.74, 6) is 0. The highest BCUT2D eigenvalue weighted by Crippen LogP contribution is 2.19. The van der Waals surface area contributed by atoms with Gasteiger partial charge in [-0.05, 0) is 36.8 Å². The summed E-state index contributed by atoms with van der Waals surface area (Å²) in [4.78, 5) is 3.95. The molecule has 0 aliphatic carbocycles. The summed E-state index contributed by atoms with van der Waals surface area (Å²) in [7, 11) is -3.67. The lowest BCUT2D eigenvalue weighted by molar-refractivity contribution is 0.199. The van der Waals surface area contributed by atoms with Gasteiger partial charge >= 0.3 is 0 Å². The van der Waals surface area contributed by atoms with Crippen molar-refractivity contribution in [3.05, 3.63) is 54.4 Å². The maximum Gasteiger partial charge on any atom is 0.261 e. The van der Waals surface area contributed by atoms with Crippen LogP contribution < -0.4 is 4.72 Å². The van der Waals surface area contributed by atoms with Crippen molar-refractivity contribution in [1.82, 2.24) is 4.98 Å². The van der Waals surface area contributed by atoms with E-state index < -0.39 is 16.1 Å². The average Bonchev–Trinajstić information content (AvgIpc) is 2.39. The molecule has 0 saturated carbocycles. The molecule has 1 atom stereocenters. The fourth-order valence-electron chi connectivity index (χ4n) is 1.58. The van der Waals surface area contributed by atoms with Crippen LogP contribution in [0.15, 0.2) is 53.7 Å². The molecule has 0 bridgehead atoms. The SMILES string of the molecule is CC(O)c1cccc(S(=O)(=O)Nc2cccnc2)c1. The van der Waals surface area contributed by atoms with Crippen LogP contribution in [0.1, 0.15) is 18.6 Å². The molecule has 100 valence electrons. The largest absolute Gasteiger partial charge is 0.389 e. The zero-order valence-electron chi connectivity index (χ0n) is 10.3. The highest BCUT2D eigenvalue weighted by atomic mass is 32.2. The number of benzene rings is 1. The number of hydrogen-bond donors (Lipinski definition) is 2. The fraction of sp³-hybridized carbons (Fsp3) is 0.154. The molecular weight excluding hydrogens is 264 g/mol. The van der Waals surface area contributed by atoms with Gasteiger partial charge in [-0.2, -0.15) is 0 Å². The Morgan fingerprint density at radius 1 is 1.26 bits per heavy atom. The summed E-state index contributed by atoms with van der Waals surface area (Å²) in [6, 6.07) is 9.45. The molecule has 0 spiro atoms. The maximum atomic E-state index is 12.2. The molecule has 2 aromatic rings. The Morgan fingerprint density at radius 2 is 2.05 bits per heavy atom. The molecule has 2 N–H and O–H groups in total. The molecule has 0 amide bonds. The van der Waals surface area contributed by atoms with Gasteiger partial charge in [-0.3, -0.25) is 9.71 Å². The van der Waals surface area contributed by atoms with E-state index in [0.29, 0.717) is 11.3 Å². The van der Waals surface area contributed by atoms with Crippen LogP contribution in [0.4, 0.5) is 5.69 Å². The second-order valence-corrected chi connectivity index (χ2v) is 5.78. The predicted molar refractivity (Wildman–Crippen MR) is 72.1 cm³/mol. The number of aliphatic hydroxyl groups is 1. The fourth-order valence-corrected chi connectivity index (χ4v) is 2.68. The van der Waals surface area contributed by atoms with E-state index in [9.17, 15) is 13.5 Å². The van der Waals surface area contributed by atoms with Gasteiger partial charge in [-0.15, -0.1) is 0 Å². The number of anilines is 1. The molecule has 1 aromatic carbocycles. The van der Waals surface area contributed by atoms with Crippen LogP contribution in [0.25, 0.3) is 0 Å². The Kier molecular flexibility index (Phi) is 3.82. The Balaban J connectivity index is 2.32. The third-order valence-corrected chi connectivity index (χ3v) is 3.94. The highest BCUT2D eigenvalue weighted by molar-refractivity contribution is 7.92. The lowest BCUT2D eigenvalue weighted by atomic mass is 10.1. The van der Waals surface area contributed by atoms with Crippen LogP contribution in [-0.2, 0) is 10.0 Å². The van der Waals surface area contributed by atoms with Crippen LogP contribution in [0.5, 0.6) is 0 Å². The van der Waals surface area contributed by atoms with Gasteiger partial charge < -0.3 is 5.11 Å². The summed E-state index contributed by atoms with van der Waals surface area (Å²) < 4.78 is 26.7. The topological polar surface area (TPSA) is 79.3 Å². The van der Waals surface area contributed by atoms with E-state index in [1.165, 1.54) is 18.3 Å². The van der Waals surface area contributed by atoms with Crippen LogP contribution in [0, 0.1) is 0 Å². The van der Waals surface area contributed by atoms with Crippen LogP contribution in [0.3, 0.4) is 0 Å². The van der Waals surface area contributed by atoms with Gasteiger partial charge in [0.1, 0.15) is 0 Å². The molecule has 0 aliphatic heterocycles. The molecule has 1 heterocycles. The number of pyridine rings is 1. The molecule has 2 rings (SSSR count). The number of aromatic nitrogens is 1. The van der Waals surface area contributed by atoms with Crippen molar-refractivity contribution >= 4 is 15.7 Å². The van der Waals surface area contributed by atoms with Crippen molar-refractivity contribution in [2.24, 2.45) is 0 Å². The number of nitrogens with one attached hydrogen (secondary N) is 1. The first kappa shape index (κ1) is 13.5. The number of rotatable bonds is 4. The van der Waals surface area contributed by atoms with E-state index in [1.54, 1.807) is 37.4 Å². The zero-order valence-corrected chi connectivity index (χ0v) is 11.1.